The molecule has 3 rings (SSSR count). The van der Waals surface area contributed by atoms with Gasteiger partial charge in [0.1, 0.15) is 0 Å². The summed E-state index contributed by atoms with van der Waals surface area (Å²) in [6.45, 7) is 4.86. The van der Waals surface area contributed by atoms with E-state index in [1.165, 1.54) is 71.0 Å². The van der Waals surface area contributed by atoms with Crippen LogP contribution >= 0.6 is 0 Å². The molecule has 0 aromatic rings. The number of hydrogen-bond acceptors (Lipinski definition) is 3. The molecule has 3 aliphatic rings. The molecule has 3 fully saturated rings. The maximum Gasteiger partial charge on any atom is 0.0576 e. The summed E-state index contributed by atoms with van der Waals surface area (Å²) in [5, 5.41) is 3.81. The fourth-order valence-electron chi connectivity index (χ4n) is 3.97. The number of ether oxygens (including phenoxy) is 1. The van der Waals surface area contributed by atoms with Crippen LogP contribution in [0.1, 0.15) is 51.4 Å². The molecule has 3 aliphatic heterocycles. The van der Waals surface area contributed by atoms with Crippen LogP contribution in [-0.2, 0) is 4.74 Å². The zero-order valence-electron chi connectivity index (χ0n) is 11.6. The van der Waals surface area contributed by atoms with Gasteiger partial charge >= 0.3 is 0 Å². The third-order valence-electron chi connectivity index (χ3n) is 4.99. The predicted molar refractivity (Wildman–Crippen MR) is 73.8 cm³/mol. The quantitative estimate of drug-likeness (QED) is 0.759. The lowest BCUT2D eigenvalue weighted by Gasteiger charge is -2.32. The highest BCUT2D eigenvalue weighted by molar-refractivity contribution is 4.93. The highest BCUT2D eigenvalue weighted by atomic mass is 16.5. The van der Waals surface area contributed by atoms with Crippen molar-refractivity contribution in [2.24, 2.45) is 0 Å². The van der Waals surface area contributed by atoms with Gasteiger partial charge in [0, 0.05) is 25.2 Å². The maximum atomic E-state index is 5.67. The van der Waals surface area contributed by atoms with Gasteiger partial charge in [0.25, 0.3) is 0 Å². The lowest BCUT2D eigenvalue weighted by molar-refractivity contribution is 0.102. The van der Waals surface area contributed by atoms with Crippen molar-refractivity contribution in [2.75, 3.05) is 26.2 Å². The van der Waals surface area contributed by atoms with Crippen molar-refractivity contribution in [1.29, 1.82) is 0 Å². The summed E-state index contributed by atoms with van der Waals surface area (Å²) in [6.07, 6.45) is 11.3. The summed E-state index contributed by atoms with van der Waals surface area (Å²) >= 11 is 0. The molecule has 18 heavy (non-hydrogen) atoms. The molecule has 0 spiro atoms. The van der Waals surface area contributed by atoms with Gasteiger partial charge in [0.15, 0.2) is 0 Å². The van der Waals surface area contributed by atoms with Crippen molar-refractivity contribution >= 4 is 0 Å². The predicted octanol–water partition coefficient (Wildman–Crippen LogP) is 2.16. The van der Waals surface area contributed by atoms with E-state index in [9.17, 15) is 0 Å². The summed E-state index contributed by atoms with van der Waals surface area (Å²) in [6, 6.07) is 1.62. The Bertz CT molecular complexity index is 253. The molecule has 3 atom stereocenters. The molecule has 0 radical (unpaired) electrons. The topological polar surface area (TPSA) is 24.5 Å². The molecule has 3 nitrogen and oxygen atoms in total. The minimum absolute atomic E-state index is 0.571. The normalized spacial score (nSPS) is 37.0. The Kier molecular flexibility index (Phi) is 4.55. The van der Waals surface area contributed by atoms with Gasteiger partial charge in [0.05, 0.1) is 6.10 Å². The summed E-state index contributed by atoms with van der Waals surface area (Å²) in [5.41, 5.74) is 0. The summed E-state index contributed by atoms with van der Waals surface area (Å²) < 4.78 is 5.67. The fraction of sp³-hybridized carbons (Fsp3) is 1.00. The van der Waals surface area contributed by atoms with E-state index in [1.54, 1.807) is 0 Å². The molecule has 3 heteroatoms. The molecule has 0 amide bonds. The summed E-state index contributed by atoms with van der Waals surface area (Å²) in [4.78, 5) is 2.71. The third kappa shape index (κ3) is 3.06. The maximum absolute atomic E-state index is 5.67. The largest absolute Gasteiger partial charge is 0.378 e. The molecule has 0 aromatic heterocycles. The zero-order chi connectivity index (χ0) is 12.2. The van der Waals surface area contributed by atoms with E-state index in [2.05, 4.69) is 10.2 Å². The van der Waals surface area contributed by atoms with Crippen LogP contribution in [0.25, 0.3) is 0 Å². The van der Waals surface area contributed by atoms with Crippen LogP contribution in [0.5, 0.6) is 0 Å². The molecule has 0 bridgehead atoms. The van der Waals surface area contributed by atoms with Crippen molar-refractivity contribution in [2.45, 2.75) is 69.6 Å². The van der Waals surface area contributed by atoms with Gasteiger partial charge in [-0.1, -0.05) is 6.42 Å². The van der Waals surface area contributed by atoms with E-state index in [0.717, 1.165) is 18.7 Å². The molecular weight excluding hydrogens is 224 g/mol. The SMILES string of the molecule is C(CNC1CCN2CCCCC12)CC1CCCO1. The zero-order valence-corrected chi connectivity index (χ0v) is 11.6. The van der Waals surface area contributed by atoms with Gasteiger partial charge in [-0.3, -0.25) is 4.90 Å². The van der Waals surface area contributed by atoms with E-state index >= 15 is 0 Å². The minimum Gasteiger partial charge on any atom is -0.378 e. The molecule has 3 unspecified atom stereocenters. The van der Waals surface area contributed by atoms with Gasteiger partial charge in [-0.25, -0.2) is 0 Å². The molecule has 0 aromatic carbocycles. The van der Waals surface area contributed by atoms with E-state index in [0.29, 0.717) is 6.10 Å². The molecule has 3 heterocycles. The first-order valence-corrected chi connectivity index (χ1v) is 8.02. The molecule has 3 saturated heterocycles. The van der Waals surface area contributed by atoms with Crippen molar-refractivity contribution in [3.63, 3.8) is 0 Å². The minimum atomic E-state index is 0.571. The van der Waals surface area contributed by atoms with Crippen LogP contribution in [-0.4, -0.2) is 49.3 Å². The first-order chi connectivity index (χ1) is 8.93. The van der Waals surface area contributed by atoms with Gasteiger partial charge < -0.3 is 10.1 Å². The third-order valence-corrected chi connectivity index (χ3v) is 4.99. The molecule has 104 valence electrons. The van der Waals surface area contributed by atoms with Crippen molar-refractivity contribution in [3.05, 3.63) is 0 Å². The Morgan fingerprint density at radius 3 is 2.94 bits per heavy atom. The molecular formula is C15H28N2O. The number of nitrogens with one attached hydrogen (secondary N) is 1. The average Bonchev–Trinajstić information content (AvgIpc) is 3.04. The van der Waals surface area contributed by atoms with E-state index < -0.39 is 0 Å². The second-order valence-electron chi connectivity index (χ2n) is 6.23. The second kappa shape index (κ2) is 6.36. The average molecular weight is 252 g/mol. The van der Waals surface area contributed by atoms with Crippen LogP contribution in [0.3, 0.4) is 0 Å². The van der Waals surface area contributed by atoms with Crippen molar-refractivity contribution in [1.82, 2.24) is 10.2 Å². The number of fused-ring (bicyclic) bond motifs is 1. The van der Waals surface area contributed by atoms with Crippen LogP contribution < -0.4 is 5.32 Å². The highest BCUT2D eigenvalue weighted by Gasteiger charge is 2.34. The van der Waals surface area contributed by atoms with E-state index in [-0.39, 0.29) is 0 Å². The van der Waals surface area contributed by atoms with Crippen LogP contribution in [0.4, 0.5) is 0 Å². The summed E-state index contributed by atoms with van der Waals surface area (Å²) in [7, 11) is 0. The van der Waals surface area contributed by atoms with Gasteiger partial charge in [-0.2, -0.15) is 0 Å². The molecule has 1 N–H and O–H groups in total. The van der Waals surface area contributed by atoms with Gasteiger partial charge in [-0.05, 0) is 58.0 Å². The number of rotatable bonds is 5. The van der Waals surface area contributed by atoms with Gasteiger partial charge in [0.2, 0.25) is 0 Å². The highest BCUT2D eigenvalue weighted by Crippen LogP contribution is 2.27. The number of hydrogen-bond donors (Lipinski definition) is 1. The first-order valence-electron chi connectivity index (χ1n) is 8.02. The van der Waals surface area contributed by atoms with Crippen molar-refractivity contribution in [3.8, 4) is 0 Å². The van der Waals surface area contributed by atoms with Crippen LogP contribution in [0.2, 0.25) is 0 Å². The Hall–Kier alpha value is -0.120. The Morgan fingerprint density at radius 2 is 2.06 bits per heavy atom. The van der Waals surface area contributed by atoms with E-state index in [4.69, 9.17) is 4.74 Å². The van der Waals surface area contributed by atoms with Crippen LogP contribution in [0.15, 0.2) is 0 Å². The van der Waals surface area contributed by atoms with Crippen LogP contribution in [0, 0.1) is 0 Å². The van der Waals surface area contributed by atoms with Crippen molar-refractivity contribution < 1.29 is 4.74 Å². The lowest BCUT2D eigenvalue weighted by Crippen LogP contribution is -2.45. The lowest BCUT2D eigenvalue weighted by atomic mass is 9.99. The van der Waals surface area contributed by atoms with E-state index in [1.807, 2.05) is 0 Å². The molecule has 0 aliphatic carbocycles. The molecule has 0 saturated carbocycles. The monoisotopic (exact) mass is 252 g/mol. The summed E-state index contributed by atoms with van der Waals surface area (Å²) in [5.74, 6) is 0. The fourth-order valence-corrected chi connectivity index (χ4v) is 3.97. The number of nitrogens with zero attached hydrogens (tertiary/aromatic N) is 1. The Morgan fingerprint density at radius 1 is 1.06 bits per heavy atom. The number of piperidine rings is 1. The Labute approximate surface area is 111 Å². The Balaban J connectivity index is 1.33. The first kappa shape index (κ1) is 12.9. The standard InChI is InChI=1S/C15H28N2O/c1-2-10-17-11-8-14(15(17)7-1)16-9-3-5-13-6-4-12-18-13/h13-16H,1-12H2. The smallest absolute Gasteiger partial charge is 0.0576 e. The van der Waals surface area contributed by atoms with Gasteiger partial charge in [-0.15, -0.1) is 0 Å². The second-order valence-corrected chi connectivity index (χ2v) is 6.23.